The Labute approximate surface area is 114 Å². The molecule has 0 aromatic heterocycles. The van der Waals surface area contributed by atoms with Gasteiger partial charge in [0, 0.05) is 19.2 Å². The number of ether oxygens (including phenoxy) is 2. The Morgan fingerprint density at radius 1 is 1.16 bits per heavy atom. The molecule has 1 aromatic carbocycles. The van der Waals surface area contributed by atoms with E-state index in [2.05, 4.69) is 0 Å². The van der Waals surface area contributed by atoms with E-state index < -0.39 is 10.0 Å². The molecule has 0 saturated carbocycles. The van der Waals surface area contributed by atoms with Crippen molar-refractivity contribution in [1.29, 1.82) is 0 Å². The summed E-state index contributed by atoms with van der Waals surface area (Å²) in [6.45, 7) is 5.40. The third-order valence-corrected chi connectivity index (χ3v) is 5.32. The number of benzene rings is 1. The second-order valence-corrected chi connectivity index (χ2v) is 6.51. The molecule has 1 aromatic rings. The fraction of sp³-hybridized carbons (Fsp3) is 0.538. The largest absolute Gasteiger partial charge is 0.496 e. The average Bonchev–Trinajstić information content (AvgIpc) is 2.39. The SMILES string of the molecule is COc1cc(S(=O)(=O)N2CCOCC2)c(C)cc1C. The first kappa shape index (κ1) is 14.3. The Bertz CT molecular complexity index is 562. The van der Waals surface area contributed by atoms with E-state index in [-0.39, 0.29) is 0 Å². The first-order valence-electron chi connectivity index (χ1n) is 6.20. The molecule has 1 saturated heterocycles. The van der Waals surface area contributed by atoms with Crippen molar-refractivity contribution in [3.63, 3.8) is 0 Å². The van der Waals surface area contributed by atoms with Crippen LogP contribution in [0.5, 0.6) is 5.75 Å². The molecule has 0 N–H and O–H groups in total. The van der Waals surface area contributed by atoms with E-state index in [1.807, 2.05) is 13.0 Å². The molecular weight excluding hydrogens is 266 g/mol. The second kappa shape index (κ2) is 5.48. The van der Waals surface area contributed by atoms with Gasteiger partial charge in [-0.05, 0) is 25.0 Å². The van der Waals surface area contributed by atoms with Crippen LogP contribution < -0.4 is 4.74 Å². The summed E-state index contributed by atoms with van der Waals surface area (Å²) in [6, 6.07) is 3.45. The van der Waals surface area contributed by atoms with Gasteiger partial charge in [-0.2, -0.15) is 4.31 Å². The molecule has 0 spiro atoms. The Morgan fingerprint density at radius 2 is 1.79 bits per heavy atom. The lowest BCUT2D eigenvalue weighted by molar-refractivity contribution is 0.0730. The molecule has 0 bridgehead atoms. The van der Waals surface area contributed by atoms with Crippen LogP contribution in [0.4, 0.5) is 0 Å². The Morgan fingerprint density at radius 3 is 2.37 bits per heavy atom. The highest BCUT2D eigenvalue weighted by molar-refractivity contribution is 7.89. The highest BCUT2D eigenvalue weighted by Crippen LogP contribution is 2.28. The number of hydrogen-bond donors (Lipinski definition) is 0. The summed E-state index contributed by atoms with van der Waals surface area (Å²) in [6.07, 6.45) is 0. The molecule has 5 nitrogen and oxygen atoms in total. The summed E-state index contributed by atoms with van der Waals surface area (Å²) in [7, 11) is -1.92. The van der Waals surface area contributed by atoms with E-state index in [0.29, 0.717) is 36.9 Å². The van der Waals surface area contributed by atoms with Gasteiger partial charge in [0.2, 0.25) is 10.0 Å². The van der Waals surface area contributed by atoms with Crippen molar-refractivity contribution in [1.82, 2.24) is 4.31 Å². The van der Waals surface area contributed by atoms with Crippen LogP contribution >= 0.6 is 0 Å². The van der Waals surface area contributed by atoms with E-state index in [0.717, 1.165) is 11.1 Å². The maximum absolute atomic E-state index is 12.6. The van der Waals surface area contributed by atoms with Crippen molar-refractivity contribution < 1.29 is 17.9 Å². The minimum atomic E-state index is -3.47. The summed E-state index contributed by atoms with van der Waals surface area (Å²) in [4.78, 5) is 0.317. The van der Waals surface area contributed by atoms with E-state index in [9.17, 15) is 8.42 Å². The number of nitrogens with zero attached hydrogens (tertiary/aromatic N) is 1. The smallest absolute Gasteiger partial charge is 0.243 e. The van der Waals surface area contributed by atoms with E-state index in [1.54, 1.807) is 20.1 Å². The van der Waals surface area contributed by atoms with Gasteiger partial charge in [-0.1, -0.05) is 6.07 Å². The average molecular weight is 285 g/mol. The first-order valence-corrected chi connectivity index (χ1v) is 7.64. The van der Waals surface area contributed by atoms with Gasteiger partial charge >= 0.3 is 0 Å². The van der Waals surface area contributed by atoms with Gasteiger partial charge in [0.25, 0.3) is 0 Å². The monoisotopic (exact) mass is 285 g/mol. The van der Waals surface area contributed by atoms with Crippen LogP contribution in [0, 0.1) is 13.8 Å². The van der Waals surface area contributed by atoms with E-state index in [4.69, 9.17) is 9.47 Å². The Hall–Kier alpha value is -1.11. The van der Waals surface area contributed by atoms with Crippen LogP contribution in [0.1, 0.15) is 11.1 Å². The van der Waals surface area contributed by atoms with Gasteiger partial charge < -0.3 is 9.47 Å². The number of hydrogen-bond acceptors (Lipinski definition) is 4. The van der Waals surface area contributed by atoms with Crippen molar-refractivity contribution in [2.24, 2.45) is 0 Å². The summed E-state index contributed by atoms with van der Waals surface area (Å²) in [5.41, 5.74) is 1.67. The van der Waals surface area contributed by atoms with Gasteiger partial charge in [-0.15, -0.1) is 0 Å². The van der Waals surface area contributed by atoms with Gasteiger partial charge in [-0.3, -0.25) is 0 Å². The summed E-state index contributed by atoms with van der Waals surface area (Å²) < 4.78 is 37.1. The van der Waals surface area contributed by atoms with Crippen molar-refractivity contribution >= 4 is 10.0 Å². The molecule has 6 heteroatoms. The molecule has 2 rings (SSSR count). The number of morpholine rings is 1. The number of rotatable bonds is 3. The van der Waals surface area contributed by atoms with Crippen molar-refractivity contribution in [3.05, 3.63) is 23.3 Å². The van der Waals surface area contributed by atoms with Crippen LogP contribution in [0.25, 0.3) is 0 Å². The summed E-state index contributed by atoms with van der Waals surface area (Å²) in [5.74, 6) is 0.595. The molecule has 0 amide bonds. The summed E-state index contributed by atoms with van der Waals surface area (Å²) in [5, 5.41) is 0. The van der Waals surface area contributed by atoms with E-state index in [1.165, 1.54) is 4.31 Å². The quantitative estimate of drug-likeness (QED) is 0.841. The normalized spacial score (nSPS) is 17.4. The molecule has 0 atom stereocenters. The molecule has 19 heavy (non-hydrogen) atoms. The van der Waals surface area contributed by atoms with Gasteiger partial charge in [-0.25, -0.2) is 8.42 Å². The number of methoxy groups -OCH3 is 1. The van der Waals surface area contributed by atoms with Crippen molar-refractivity contribution in [2.45, 2.75) is 18.7 Å². The standard InChI is InChI=1S/C13H19NO4S/c1-10-8-11(2)13(9-12(10)17-3)19(15,16)14-4-6-18-7-5-14/h8-9H,4-7H2,1-3H3. The van der Waals surface area contributed by atoms with Crippen molar-refractivity contribution in [3.8, 4) is 5.75 Å². The van der Waals surface area contributed by atoms with Crippen LogP contribution in [-0.2, 0) is 14.8 Å². The molecule has 106 valence electrons. The fourth-order valence-electron chi connectivity index (χ4n) is 2.24. The van der Waals surface area contributed by atoms with Crippen molar-refractivity contribution in [2.75, 3.05) is 33.4 Å². The third kappa shape index (κ3) is 2.75. The topological polar surface area (TPSA) is 55.8 Å². The minimum absolute atomic E-state index is 0.317. The zero-order valence-electron chi connectivity index (χ0n) is 11.5. The maximum Gasteiger partial charge on any atom is 0.243 e. The molecule has 0 unspecified atom stereocenters. The fourth-order valence-corrected chi connectivity index (χ4v) is 3.87. The minimum Gasteiger partial charge on any atom is -0.496 e. The van der Waals surface area contributed by atoms with Crippen LogP contribution in [-0.4, -0.2) is 46.1 Å². The summed E-state index contributed by atoms with van der Waals surface area (Å²) >= 11 is 0. The van der Waals surface area contributed by atoms with Gasteiger partial charge in [0.1, 0.15) is 5.75 Å². The molecule has 1 aliphatic rings. The lowest BCUT2D eigenvalue weighted by Gasteiger charge is -2.27. The molecule has 1 aliphatic heterocycles. The zero-order valence-corrected chi connectivity index (χ0v) is 12.3. The molecule has 0 radical (unpaired) electrons. The molecule has 1 heterocycles. The molecular formula is C13H19NO4S. The van der Waals surface area contributed by atoms with Crippen LogP contribution in [0.3, 0.4) is 0 Å². The van der Waals surface area contributed by atoms with Gasteiger partial charge in [0.05, 0.1) is 25.2 Å². The molecule has 0 aliphatic carbocycles. The first-order chi connectivity index (χ1) is 8.96. The lowest BCUT2D eigenvalue weighted by Crippen LogP contribution is -2.40. The Balaban J connectivity index is 2.44. The predicted molar refractivity (Wildman–Crippen MR) is 72.0 cm³/mol. The predicted octanol–water partition coefficient (Wildman–Crippen LogP) is 1.33. The lowest BCUT2D eigenvalue weighted by atomic mass is 10.1. The Kier molecular flexibility index (Phi) is 4.13. The van der Waals surface area contributed by atoms with Gasteiger partial charge in [0.15, 0.2) is 0 Å². The highest BCUT2D eigenvalue weighted by atomic mass is 32.2. The van der Waals surface area contributed by atoms with Crippen LogP contribution in [0.2, 0.25) is 0 Å². The second-order valence-electron chi connectivity index (χ2n) is 4.60. The number of aryl methyl sites for hydroxylation is 2. The third-order valence-electron chi connectivity index (χ3n) is 3.28. The highest BCUT2D eigenvalue weighted by Gasteiger charge is 2.28. The molecule has 1 fully saturated rings. The maximum atomic E-state index is 12.6. The number of sulfonamides is 1. The van der Waals surface area contributed by atoms with E-state index >= 15 is 0 Å². The zero-order chi connectivity index (χ0) is 14.0. The van der Waals surface area contributed by atoms with Crippen LogP contribution in [0.15, 0.2) is 17.0 Å².